The Morgan fingerprint density at radius 3 is 2.07 bits per heavy atom. The standard InChI is InChI=1S/C23H24N2O4S/c1-16-7-11-20(12-8-16)29-15-22(26)24-19-9-13-21(14-10-19)30(27,28)25-23-17(2)5-4-6-18(23)3/h4-14,25H,15H2,1-3H3,(H,24,26). The summed E-state index contributed by atoms with van der Waals surface area (Å²) in [6.07, 6.45) is 0. The molecule has 0 unspecified atom stereocenters. The summed E-state index contributed by atoms with van der Waals surface area (Å²) in [7, 11) is -3.74. The summed E-state index contributed by atoms with van der Waals surface area (Å²) in [5, 5.41) is 2.69. The van der Waals surface area contributed by atoms with E-state index in [1.54, 1.807) is 24.3 Å². The van der Waals surface area contributed by atoms with Crippen LogP contribution in [-0.4, -0.2) is 20.9 Å². The number of hydrogen-bond acceptors (Lipinski definition) is 4. The minimum atomic E-state index is -3.74. The lowest BCUT2D eigenvalue weighted by Gasteiger charge is -2.13. The van der Waals surface area contributed by atoms with Crippen molar-refractivity contribution in [3.63, 3.8) is 0 Å². The van der Waals surface area contributed by atoms with Crippen molar-refractivity contribution in [2.24, 2.45) is 0 Å². The molecule has 0 saturated heterocycles. The fraction of sp³-hybridized carbons (Fsp3) is 0.174. The number of carbonyl (C=O) groups excluding carboxylic acids is 1. The average Bonchev–Trinajstić information content (AvgIpc) is 2.71. The number of rotatable bonds is 7. The molecular formula is C23H24N2O4S. The molecule has 3 aromatic rings. The van der Waals surface area contributed by atoms with Crippen molar-refractivity contribution in [3.8, 4) is 5.75 Å². The molecule has 0 saturated carbocycles. The first-order chi connectivity index (χ1) is 14.2. The van der Waals surface area contributed by atoms with Crippen LogP contribution in [0.4, 0.5) is 11.4 Å². The number of sulfonamides is 1. The number of carbonyl (C=O) groups is 1. The van der Waals surface area contributed by atoms with Crippen molar-refractivity contribution in [1.29, 1.82) is 0 Å². The van der Waals surface area contributed by atoms with E-state index in [0.29, 0.717) is 17.1 Å². The molecule has 7 heteroatoms. The van der Waals surface area contributed by atoms with Crippen LogP contribution in [0.3, 0.4) is 0 Å². The largest absolute Gasteiger partial charge is 0.484 e. The van der Waals surface area contributed by atoms with E-state index in [1.807, 2.05) is 51.1 Å². The lowest BCUT2D eigenvalue weighted by atomic mass is 10.1. The number of ether oxygens (including phenoxy) is 1. The Labute approximate surface area is 177 Å². The molecule has 0 bridgehead atoms. The van der Waals surface area contributed by atoms with Crippen LogP contribution in [0.25, 0.3) is 0 Å². The monoisotopic (exact) mass is 424 g/mol. The molecule has 1 amide bonds. The molecule has 0 atom stereocenters. The summed E-state index contributed by atoms with van der Waals surface area (Å²) in [6.45, 7) is 5.53. The highest BCUT2D eigenvalue weighted by Crippen LogP contribution is 2.24. The predicted molar refractivity (Wildman–Crippen MR) is 118 cm³/mol. The molecule has 0 aliphatic rings. The van der Waals surface area contributed by atoms with E-state index in [4.69, 9.17) is 4.74 Å². The fourth-order valence-electron chi connectivity index (χ4n) is 2.87. The Kier molecular flexibility index (Phi) is 6.42. The van der Waals surface area contributed by atoms with Gasteiger partial charge in [0.2, 0.25) is 0 Å². The molecular weight excluding hydrogens is 400 g/mol. The van der Waals surface area contributed by atoms with E-state index in [1.165, 1.54) is 12.1 Å². The van der Waals surface area contributed by atoms with Gasteiger partial charge < -0.3 is 10.1 Å². The van der Waals surface area contributed by atoms with Gasteiger partial charge in [-0.3, -0.25) is 9.52 Å². The molecule has 0 heterocycles. The van der Waals surface area contributed by atoms with E-state index in [2.05, 4.69) is 10.0 Å². The molecule has 0 aromatic heterocycles. The second kappa shape index (κ2) is 9.00. The first kappa shape index (κ1) is 21.4. The molecule has 156 valence electrons. The van der Waals surface area contributed by atoms with E-state index < -0.39 is 10.0 Å². The van der Waals surface area contributed by atoms with Gasteiger partial charge in [-0.2, -0.15) is 0 Å². The highest BCUT2D eigenvalue weighted by atomic mass is 32.2. The molecule has 30 heavy (non-hydrogen) atoms. The SMILES string of the molecule is Cc1ccc(OCC(=O)Nc2ccc(S(=O)(=O)Nc3c(C)cccc3C)cc2)cc1. The highest BCUT2D eigenvalue weighted by molar-refractivity contribution is 7.92. The Hall–Kier alpha value is -3.32. The maximum atomic E-state index is 12.7. The summed E-state index contributed by atoms with van der Waals surface area (Å²) in [4.78, 5) is 12.2. The number of amides is 1. The third kappa shape index (κ3) is 5.39. The molecule has 3 rings (SSSR count). The van der Waals surface area contributed by atoms with Crippen molar-refractivity contribution in [1.82, 2.24) is 0 Å². The molecule has 0 radical (unpaired) electrons. The maximum Gasteiger partial charge on any atom is 0.262 e. The van der Waals surface area contributed by atoms with Gasteiger partial charge in [-0.1, -0.05) is 35.9 Å². The Balaban J connectivity index is 1.62. The number of aryl methyl sites for hydroxylation is 3. The molecule has 6 nitrogen and oxygen atoms in total. The van der Waals surface area contributed by atoms with Gasteiger partial charge in [0.05, 0.1) is 10.6 Å². The minimum absolute atomic E-state index is 0.110. The molecule has 3 aromatic carbocycles. The normalized spacial score (nSPS) is 11.0. The Morgan fingerprint density at radius 1 is 0.867 bits per heavy atom. The van der Waals surface area contributed by atoms with Crippen LogP contribution < -0.4 is 14.8 Å². The first-order valence-corrected chi connectivity index (χ1v) is 10.9. The number of benzene rings is 3. The quantitative estimate of drug-likeness (QED) is 0.588. The second-order valence-corrected chi connectivity index (χ2v) is 8.73. The number of para-hydroxylation sites is 1. The van der Waals surface area contributed by atoms with Gasteiger partial charge in [0.1, 0.15) is 5.75 Å². The highest BCUT2D eigenvalue weighted by Gasteiger charge is 2.16. The summed E-state index contributed by atoms with van der Waals surface area (Å²) in [6, 6.07) is 19.0. The summed E-state index contributed by atoms with van der Waals surface area (Å²) in [5.74, 6) is 0.273. The number of hydrogen-bond donors (Lipinski definition) is 2. The lowest BCUT2D eigenvalue weighted by molar-refractivity contribution is -0.118. The summed E-state index contributed by atoms with van der Waals surface area (Å²) >= 11 is 0. The van der Waals surface area contributed by atoms with Crippen LogP contribution in [0.5, 0.6) is 5.75 Å². The smallest absolute Gasteiger partial charge is 0.262 e. The summed E-state index contributed by atoms with van der Waals surface area (Å²) in [5.41, 5.74) is 3.85. The van der Waals surface area contributed by atoms with Gasteiger partial charge in [-0.05, 0) is 68.3 Å². The molecule has 0 aliphatic carbocycles. The first-order valence-electron chi connectivity index (χ1n) is 9.43. The van der Waals surface area contributed by atoms with Gasteiger partial charge in [0.25, 0.3) is 15.9 Å². The average molecular weight is 425 g/mol. The van der Waals surface area contributed by atoms with Gasteiger partial charge in [0.15, 0.2) is 6.61 Å². The van der Waals surface area contributed by atoms with E-state index >= 15 is 0 Å². The van der Waals surface area contributed by atoms with Crippen LogP contribution in [0.15, 0.2) is 71.6 Å². The van der Waals surface area contributed by atoms with Crippen molar-refractivity contribution in [2.45, 2.75) is 25.7 Å². The van der Waals surface area contributed by atoms with E-state index in [0.717, 1.165) is 16.7 Å². The van der Waals surface area contributed by atoms with Gasteiger partial charge in [-0.25, -0.2) is 8.42 Å². The molecule has 0 aliphatic heterocycles. The number of nitrogens with one attached hydrogen (secondary N) is 2. The van der Waals surface area contributed by atoms with Crippen molar-refractivity contribution >= 4 is 27.3 Å². The van der Waals surface area contributed by atoms with Gasteiger partial charge in [-0.15, -0.1) is 0 Å². The molecule has 0 fully saturated rings. The van der Waals surface area contributed by atoms with Crippen LogP contribution in [0.2, 0.25) is 0 Å². The zero-order valence-electron chi connectivity index (χ0n) is 17.1. The fourth-order valence-corrected chi connectivity index (χ4v) is 4.07. The predicted octanol–water partition coefficient (Wildman–Crippen LogP) is 4.43. The van der Waals surface area contributed by atoms with Gasteiger partial charge in [0, 0.05) is 5.69 Å². The third-order valence-electron chi connectivity index (χ3n) is 4.56. The van der Waals surface area contributed by atoms with Crippen molar-refractivity contribution < 1.29 is 17.9 Å². The molecule has 0 spiro atoms. The minimum Gasteiger partial charge on any atom is -0.484 e. The number of anilines is 2. The maximum absolute atomic E-state index is 12.7. The van der Waals surface area contributed by atoms with Crippen LogP contribution >= 0.6 is 0 Å². The third-order valence-corrected chi connectivity index (χ3v) is 5.92. The second-order valence-electron chi connectivity index (χ2n) is 7.05. The zero-order chi connectivity index (χ0) is 21.7. The lowest BCUT2D eigenvalue weighted by Crippen LogP contribution is -2.20. The van der Waals surface area contributed by atoms with Gasteiger partial charge >= 0.3 is 0 Å². The van der Waals surface area contributed by atoms with Crippen LogP contribution in [0, 0.1) is 20.8 Å². The van der Waals surface area contributed by atoms with Crippen LogP contribution in [-0.2, 0) is 14.8 Å². The molecule has 2 N–H and O–H groups in total. The van der Waals surface area contributed by atoms with Crippen LogP contribution in [0.1, 0.15) is 16.7 Å². The Morgan fingerprint density at radius 2 is 1.47 bits per heavy atom. The zero-order valence-corrected chi connectivity index (χ0v) is 17.9. The van der Waals surface area contributed by atoms with Crippen molar-refractivity contribution in [2.75, 3.05) is 16.6 Å². The Bertz CT molecular complexity index is 1120. The van der Waals surface area contributed by atoms with E-state index in [-0.39, 0.29) is 17.4 Å². The van der Waals surface area contributed by atoms with Crippen molar-refractivity contribution in [3.05, 3.63) is 83.4 Å². The summed E-state index contributed by atoms with van der Waals surface area (Å²) < 4.78 is 33.5. The topological polar surface area (TPSA) is 84.5 Å². The van der Waals surface area contributed by atoms with E-state index in [9.17, 15) is 13.2 Å².